The van der Waals surface area contributed by atoms with Gasteiger partial charge in [-0.1, -0.05) is 0 Å². The number of benzene rings is 1. The fraction of sp³-hybridized carbons (Fsp3) is 0.696. The highest BCUT2D eigenvalue weighted by atomic mass is 32.2. The first-order chi connectivity index (χ1) is 14.2. The van der Waals surface area contributed by atoms with Crippen molar-refractivity contribution in [1.82, 2.24) is 4.72 Å². The van der Waals surface area contributed by atoms with Crippen LogP contribution in [-0.4, -0.2) is 35.1 Å². The zero-order valence-electron chi connectivity index (χ0n) is 18.7. The van der Waals surface area contributed by atoms with Gasteiger partial charge < -0.3 is 18.8 Å². The molecule has 1 N–H and O–H groups in total. The second-order valence-electron chi connectivity index (χ2n) is 9.21. The maximum atomic E-state index is 12.8. The summed E-state index contributed by atoms with van der Waals surface area (Å²) in [6, 6.07) is 5.79. The van der Waals surface area contributed by atoms with Crippen molar-refractivity contribution in [3.05, 3.63) is 23.8 Å². The Morgan fingerprint density at radius 1 is 1.27 bits per heavy atom. The number of ether oxygens (including phenoxy) is 3. The Morgan fingerprint density at radius 3 is 2.57 bits per heavy atom. The molecule has 3 rings (SSSR count). The lowest BCUT2D eigenvalue weighted by Crippen LogP contribution is -2.45. The molecule has 0 bridgehead atoms. The summed E-state index contributed by atoms with van der Waals surface area (Å²) in [6.45, 7) is 8.19. The van der Waals surface area contributed by atoms with E-state index < -0.39 is 11.4 Å². The largest absolute Gasteiger partial charge is 0.598 e. The van der Waals surface area contributed by atoms with Crippen molar-refractivity contribution in [2.45, 2.75) is 76.7 Å². The Morgan fingerprint density at radius 2 is 1.97 bits per heavy atom. The third-order valence-corrected chi connectivity index (χ3v) is 7.68. The summed E-state index contributed by atoms with van der Waals surface area (Å²) in [7, 11) is 1.64. The zero-order chi connectivity index (χ0) is 21.9. The molecule has 168 valence electrons. The quantitative estimate of drug-likeness (QED) is 0.528. The molecule has 1 heterocycles. The minimum atomic E-state index is -1.18. The predicted octanol–water partition coefficient (Wildman–Crippen LogP) is 4.31. The first kappa shape index (κ1) is 23.2. The molecule has 1 aliphatic heterocycles. The second-order valence-corrected chi connectivity index (χ2v) is 11.2. The number of hydrogen-bond donors (Lipinski definition) is 1. The molecule has 30 heavy (non-hydrogen) atoms. The number of methoxy groups -OCH3 is 1. The molecule has 1 aliphatic carbocycles. The van der Waals surface area contributed by atoms with E-state index >= 15 is 0 Å². The third-order valence-electron chi connectivity index (χ3n) is 6.07. The van der Waals surface area contributed by atoms with Crippen LogP contribution in [0.25, 0.3) is 0 Å². The Balaban J connectivity index is 1.74. The van der Waals surface area contributed by atoms with Crippen molar-refractivity contribution in [3.63, 3.8) is 0 Å². The monoisotopic (exact) mass is 437 g/mol. The number of rotatable bonds is 6. The van der Waals surface area contributed by atoms with Crippen LogP contribution < -0.4 is 14.2 Å². The van der Waals surface area contributed by atoms with Gasteiger partial charge in [-0.2, -0.15) is 0 Å². The average Bonchev–Trinajstić information content (AvgIpc) is 2.72. The van der Waals surface area contributed by atoms with Gasteiger partial charge in [0.05, 0.1) is 25.7 Å². The normalized spacial score (nSPS) is 27.5. The summed E-state index contributed by atoms with van der Waals surface area (Å²) in [5, 5.41) is 0. The molecule has 1 aromatic rings. The SMILES string of the molecule is CCOC(=O)[C@H]1CC[C@H]([C@H]2C[C@@H](N[S@+]([O-])C(C)(C)C)c3ccc(OC)cc3O2)CC1. The van der Waals surface area contributed by atoms with Crippen molar-refractivity contribution >= 4 is 17.3 Å². The van der Waals surface area contributed by atoms with E-state index in [4.69, 9.17) is 14.2 Å². The molecule has 1 aromatic carbocycles. The summed E-state index contributed by atoms with van der Waals surface area (Å²) in [4.78, 5) is 12.1. The molecule has 2 aliphatic rings. The molecule has 0 radical (unpaired) electrons. The van der Waals surface area contributed by atoms with Gasteiger partial charge in [-0.05, 0) is 71.4 Å². The van der Waals surface area contributed by atoms with E-state index in [-0.39, 0.29) is 28.8 Å². The predicted molar refractivity (Wildman–Crippen MR) is 118 cm³/mol. The van der Waals surface area contributed by atoms with Gasteiger partial charge >= 0.3 is 5.97 Å². The average molecular weight is 438 g/mol. The van der Waals surface area contributed by atoms with Gasteiger partial charge in [0, 0.05) is 29.4 Å². The van der Waals surface area contributed by atoms with Crippen LogP contribution in [0.2, 0.25) is 0 Å². The molecule has 1 saturated carbocycles. The van der Waals surface area contributed by atoms with Gasteiger partial charge in [0.25, 0.3) is 0 Å². The smallest absolute Gasteiger partial charge is 0.308 e. The molecule has 0 aromatic heterocycles. The molecule has 0 spiro atoms. The number of hydrogen-bond acceptors (Lipinski definition) is 6. The van der Waals surface area contributed by atoms with Crippen LogP contribution in [0.4, 0.5) is 0 Å². The standard InChI is InChI=1S/C23H35NO5S/c1-6-28-22(25)16-9-7-15(8-10-16)20-14-19(24-30(26)23(2,3)4)18-12-11-17(27-5)13-21(18)29-20/h11-13,15-16,19-20,24H,6-10,14H2,1-5H3/t15-,16-,19-,20-,30-/m1/s1. The van der Waals surface area contributed by atoms with Crippen LogP contribution in [0, 0.1) is 11.8 Å². The maximum absolute atomic E-state index is 12.8. The molecule has 0 saturated heterocycles. The second kappa shape index (κ2) is 9.79. The van der Waals surface area contributed by atoms with E-state index in [0.29, 0.717) is 12.5 Å². The third kappa shape index (κ3) is 5.42. The topological polar surface area (TPSA) is 79.9 Å². The van der Waals surface area contributed by atoms with Gasteiger partial charge in [-0.15, -0.1) is 4.72 Å². The van der Waals surface area contributed by atoms with Crippen LogP contribution in [0.3, 0.4) is 0 Å². The summed E-state index contributed by atoms with van der Waals surface area (Å²) in [6.07, 6.45) is 4.31. The van der Waals surface area contributed by atoms with Crippen molar-refractivity contribution in [1.29, 1.82) is 0 Å². The Bertz CT molecular complexity index is 727. The molecular weight excluding hydrogens is 402 g/mol. The number of fused-ring (bicyclic) bond motifs is 1. The summed E-state index contributed by atoms with van der Waals surface area (Å²) < 4.78 is 32.8. The molecule has 0 amide bonds. The van der Waals surface area contributed by atoms with E-state index in [9.17, 15) is 9.35 Å². The fourth-order valence-corrected chi connectivity index (χ4v) is 5.13. The van der Waals surface area contributed by atoms with Gasteiger partial charge in [-0.3, -0.25) is 4.79 Å². The highest BCUT2D eigenvalue weighted by Crippen LogP contribution is 2.43. The van der Waals surface area contributed by atoms with Crippen LogP contribution >= 0.6 is 0 Å². The van der Waals surface area contributed by atoms with Crippen molar-refractivity contribution in [2.24, 2.45) is 11.8 Å². The molecule has 0 unspecified atom stereocenters. The first-order valence-electron chi connectivity index (χ1n) is 10.9. The number of carbonyl (C=O) groups is 1. The summed E-state index contributed by atoms with van der Waals surface area (Å²) >= 11 is -1.18. The minimum Gasteiger partial charge on any atom is -0.598 e. The fourth-order valence-electron chi connectivity index (χ4n) is 4.30. The van der Waals surface area contributed by atoms with Gasteiger partial charge in [0.2, 0.25) is 0 Å². The molecule has 6 nitrogen and oxygen atoms in total. The zero-order valence-corrected chi connectivity index (χ0v) is 19.6. The van der Waals surface area contributed by atoms with Gasteiger partial charge in [0.15, 0.2) is 0 Å². The van der Waals surface area contributed by atoms with Crippen molar-refractivity contribution < 1.29 is 23.6 Å². The molecule has 3 atom stereocenters. The van der Waals surface area contributed by atoms with Crippen LogP contribution in [0.15, 0.2) is 18.2 Å². The Kier molecular flexibility index (Phi) is 7.58. The molecule has 7 heteroatoms. The first-order valence-corrected chi connectivity index (χ1v) is 12.1. The van der Waals surface area contributed by atoms with E-state index in [2.05, 4.69) is 4.72 Å². The highest BCUT2D eigenvalue weighted by Gasteiger charge is 2.40. The summed E-state index contributed by atoms with van der Waals surface area (Å²) in [5.74, 6) is 1.83. The van der Waals surface area contributed by atoms with Crippen LogP contribution in [-0.2, 0) is 20.9 Å². The maximum Gasteiger partial charge on any atom is 0.308 e. The Labute approximate surface area is 183 Å². The minimum absolute atomic E-state index is 0.000475. The lowest BCUT2D eigenvalue weighted by Gasteiger charge is -2.39. The van der Waals surface area contributed by atoms with E-state index in [0.717, 1.165) is 49.2 Å². The molecular formula is C23H35NO5S. The van der Waals surface area contributed by atoms with Crippen molar-refractivity contribution in [3.8, 4) is 11.5 Å². The van der Waals surface area contributed by atoms with Crippen LogP contribution in [0.5, 0.6) is 11.5 Å². The van der Waals surface area contributed by atoms with E-state index in [1.54, 1.807) is 7.11 Å². The number of nitrogens with one attached hydrogen (secondary N) is 1. The Hall–Kier alpha value is -1.44. The van der Waals surface area contributed by atoms with Crippen molar-refractivity contribution in [2.75, 3.05) is 13.7 Å². The number of carbonyl (C=O) groups excluding carboxylic acids is 1. The van der Waals surface area contributed by atoms with E-state index in [1.165, 1.54) is 0 Å². The van der Waals surface area contributed by atoms with Crippen LogP contribution in [0.1, 0.15) is 71.4 Å². The van der Waals surface area contributed by atoms with Gasteiger partial charge in [0.1, 0.15) is 22.4 Å². The van der Waals surface area contributed by atoms with E-state index in [1.807, 2.05) is 45.9 Å². The number of esters is 1. The summed E-state index contributed by atoms with van der Waals surface area (Å²) in [5.41, 5.74) is 1.02. The lowest BCUT2D eigenvalue weighted by molar-refractivity contribution is -0.149. The molecule has 1 fully saturated rings. The van der Waals surface area contributed by atoms with Gasteiger partial charge in [-0.25, -0.2) is 0 Å². The highest BCUT2D eigenvalue weighted by molar-refractivity contribution is 7.90. The lowest BCUT2D eigenvalue weighted by atomic mass is 9.77.